The molecule has 0 aliphatic carbocycles. The van der Waals surface area contributed by atoms with Crippen molar-refractivity contribution in [3.63, 3.8) is 0 Å². The van der Waals surface area contributed by atoms with Gasteiger partial charge in [0, 0.05) is 17.1 Å². The predicted molar refractivity (Wildman–Crippen MR) is 116 cm³/mol. The summed E-state index contributed by atoms with van der Waals surface area (Å²) in [5.41, 5.74) is -8.80. The molecule has 0 saturated carbocycles. The number of pyridine rings is 1. The van der Waals surface area contributed by atoms with Gasteiger partial charge in [-0.05, 0) is 64.7 Å². The van der Waals surface area contributed by atoms with Gasteiger partial charge in [-0.15, -0.1) is 0 Å². The molecule has 3 rings (SSSR count). The van der Waals surface area contributed by atoms with Gasteiger partial charge in [-0.25, -0.2) is 9.18 Å². The van der Waals surface area contributed by atoms with Crippen LogP contribution in [0.15, 0.2) is 53.6 Å². The van der Waals surface area contributed by atoms with E-state index in [0.29, 0.717) is 5.39 Å². The molecule has 15 heteroatoms. The highest BCUT2D eigenvalue weighted by Gasteiger charge is 2.73. The Bertz CT molecular complexity index is 1250. The van der Waals surface area contributed by atoms with Gasteiger partial charge in [0.1, 0.15) is 0 Å². The van der Waals surface area contributed by atoms with Gasteiger partial charge in [-0.2, -0.15) is 35.1 Å². The molecule has 1 atom stereocenters. The van der Waals surface area contributed by atoms with Crippen LogP contribution >= 0.6 is 34.4 Å². The van der Waals surface area contributed by atoms with Gasteiger partial charge in [0.25, 0.3) is 5.76 Å². The fourth-order valence-corrected chi connectivity index (χ4v) is 4.89. The zero-order valence-electron chi connectivity index (χ0n) is 16.6. The summed E-state index contributed by atoms with van der Waals surface area (Å²) in [5, 5.41) is 12.0. The molecule has 0 aliphatic heterocycles. The molecular weight excluding hydrogens is 630 g/mol. The van der Waals surface area contributed by atoms with Crippen molar-refractivity contribution in [3.8, 4) is 0 Å². The van der Waals surface area contributed by atoms with E-state index in [4.69, 9.17) is 0 Å². The third-order valence-corrected chi connectivity index (χ3v) is 6.36. The number of thioether (sulfide) groups is 1. The van der Waals surface area contributed by atoms with E-state index in [9.17, 15) is 49.5 Å². The summed E-state index contributed by atoms with van der Waals surface area (Å²) in [5.74, 6) is -4.70. The van der Waals surface area contributed by atoms with Crippen LogP contribution in [0.1, 0.15) is 15.9 Å². The smallest absolute Gasteiger partial charge is 0.435 e. The molecule has 0 radical (unpaired) electrons. The Labute approximate surface area is 208 Å². The highest BCUT2D eigenvalue weighted by molar-refractivity contribution is 14.1. The maximum absolute atomic E-state index is 14.5. The molecule has 188 valence electrons. The van der Waals surface area contributed by atoms with Crippen LogP contribution in [0.25, 0.3) is 10.9 Å². The maximum atomic E-state index is 14.5. The topological polar surface area (TPSA) is 57.5 Å². The van der Waals surface area contributed by atoms with Crippen LogP contribution in [0.2, 0.25) is 0 Å². The molecule has 0 saturated heterocycles. The van der Waals surface area contributed by atoms with Gasteiger partial charge in [0.05, 0.1) is 19.5 Å². The van der Waals surface area contributed by atoms with Crippen LogP contribution in [0.3, 0.4) is 0 Å². The van der Waals surface area contributed by atoms with Crippen molar-refractivity contribution < 1.29 is 49.4 Å². The second-order valence-electron chi connectivity index (χ2n) is 6.93. The quantitative estimate of drug-likeness (QED) is 0.154. The molecule has 1 heterocycles. The lowest BCUT2D eigenvalue weighted by Crippen LogP contribution is -3.05. The Hall–Kier alpha value is -2.11. The zero-order chi connectivity index (χ0) is 26.3. The van der Waals surface area contributed by atoms with Crippen molar-refractivity contribution in [1.82, 2.24) is 4.98 Å². The first-order chi connectivity index (χ1) is 16.1. The molecule has 1 unspecified atom stereocenters. The number of nitrogens with one attached hydrogen (secondary N) is 1. The number of nitrogens with zero attached hydrogens (tertiary/aromatic N) is 1. The van der Waals surface area contributed by atoms with Crippen molar-refractivity contribution in [2.75, 3.05) is 0 Å². The molecule has 35 heavy (non-hydrogen) atoms. The van der Waals surface area contributed by atoms with Crippen molar-refractivity contribution in [2.45, 2.75) is 28.7 Å². The van der Waals surface area contributed by atoms with Crippen LogP contribution in [-0.4, -0.2) is 29.0 Å². The van der Waals surface area contributed by atoms with E-state index in [0.717, 1.165) is 22.6 Å². The minimum absolute atomic E-state index is 0.0551. The molecule has 0 bridgehead atoms. The fourth-order valence-electron chi connectivity index (χ4n) is 3.13. The highest BCUT2D eigenvalue weighted by Crippen LogP contribution is 2.54. The van der Waals surface area contributed by atoms with Crippen LogP contribution in [0.4, 0.5) is 45.2 Å². The molecule has 4 nitrogen and oxygen atoms in total. The Morgan fingerprint density at radius 1 is 1.00 bits per heavy atom. The second-order valence-corrected chi connectivity index (χ2v) is 9.13. The first-order valence-electron chi connectivity index (χ1n) is 9.13. The molecule has 2 aromatic carbocycles. The molecule has 0 spiro atoms. The standard InChI is InChI=1S/C20H10F9IN2O2S/c21-17(22)35-14-8-11(18(23,19(24,25)26)20(27,28)29)7-12(30)15(14)32(34)16(33)10-4-3-9-2-1-5-31-13(9)6-10/h1-8,17,32H. The number of benzene rings is 2. The SMILES string of the molecule is O=C(c1ccc2cccnc2c1)[NH+]([O-])c1c(I)cc(C(F)(C(F)(F)F)C(F)(F)F)cc1SC(F)F. The van der Waals surface area contributed by atoms with E-state index >= 15 is 0 Å². The summed E-state index contributed by atoms with van der Waals surface area (Å²) in [7, 11) is 0. The Morgan fingerprint density at radius 2 is 1.63 bits per heavy atom. The summed E-state index contributed by atoms with van der Waals surface area (Å²) < 4.78 is 119. The molecular formula is C20H10F9IN2O2S. The lowest BCUT2D eigenvalue weighted by molar-refractivity contribution is -0.682. The summed E-state index contributed by atoms with van der Waals surface area (Å²) in [6, 6.07) is 7.00. The third-order valence-electron chi connectivity index (χ3n) is 4.75. The monoisotopic (exact) mass is 640 g/mol. The van der Waals surface area contributed by atoms with Crippen LogP contribution < -0.4 is 5.06 Å². The second kappa shape index (κ2) is 9.74. The molecule has 1 amide bonds. The van der Waals surface area contributed by atoms with Crippen molar-refractivity contribution in [2.24, 2.45) is 0 Å². The number of hydrogen-bond acceptors (Lipinski definition) is 4. The van der Waals surface area contributed by atoms with Gasteiger partial charge < -0.3 is 5.21 Å². The van der Waals surface area contributed by atoms with E-state index < -0.39 is 66.2 Å². The number of amides is 1. The number of halogens is 10. The summed E-state index contributed by atoms with van der Waals surface area (Å²) in [4.78, 5) is 15.6. The highest BCUT2D eigenvalue weighted by atomic mass is 127. The number of aromatic nitrogens is 1. The Balaban J connectivity index is 2.16. The molecule has 0 aliphatic rings. The normalized spacial score (nSPS) is 13.9. The average molecular weight is 640 g/mol. The summed E-state index contributed by atoms with van der Waals surface area (Å²) in [6.45, 7) is 0. The largest absolute Gasteiger partial charge is 0.621 e. The Kier molecular flexibility index (Phi) is 7.65. The number of rotatable bonds is 5. The van der Waals surface area contributed by atoms with Crippen LogP contribution in [-0.2, 0) is 5.67 Å². The number of carbonyl (C=O) groups excluding carboxylic acids is 1. The van der Waals surface area contributed by atoms with E-state index in [1.807, 2.05) is 0 Å². The van der Waals surface area contributed by atoms with Crippen LogP contribution in [0.5, 0.6) is 0 Å². The summed E-state index contributed by atoms with van der Waals surface area (Å²) >= 11 is 0.501. The first-order valence-corrected chi connectivity index (χ1v) is 11.1. The lowest BCUT2D eigenvalue weighted by atomic mass is 9.94. The van der Waals surface area contributed by atoms with Gasteiger partial charge >= 0.3 is 23.9 Å². The maximum Gasteiger partial charge on any atom is 0.435 e. The number of hydrogen-bond donors (Lipinski definition) is 1. The average Bonchev–Trinajstić information content (AvgIpc) is 2.75. The number of fused-ring (bicyclic) bond motifs is 1. The number of carbonyl (C=O) groups is 1. The first kappa shape index (κ1) is 27.5. The van der Waals surface area contributed by atoms with Crippen molar-refractivity contribution >= 4 is 56.9 Å². The van der Waals surface area contributed by atoms with Crippen molar-refractivity contribution in [1.29, 1.82) is 0 Å². The van der Waals surface area contributed by atoms with E-state index in [1.54, 1.807) is 12.1 Å². The minimum Gasteiger partial charge on any atom is -0.621 e. The lowest BCUT2D eigenvalue weighted by Gasteiger charge is -2.31. The van der Waals surface area contributed by atoms with Gasteiger partial charge in [0.2, 0.25) is 0 Å². The van der Waals surface area contributed by atoms with E-state index in [-0.39, 0.29) is 23.2 Å². The Morgan fingerprint density at radius 3 is 2.20 bits per heavy atom. The van der Waals surface area contributed by atoms with Gasteiger partial charge in [-0.1, -0.05) is 12.1 Å². The van der Waals surface area contributed by atoms with Crippen LogP contribution in [0, 0.1) is 8.78 Å². The molecule has 1 aromatic heterocycles. The minimum atomic E-state index is -6.50. The number of quaternary nitrogens is 1. The number of alkyl halides is 9. The zero-order valence-corrected chi connectivity index (χ0v) is 19.6. The molecule has 1 N–H and O–H groups in total. The van der Waals surface area contributed by atoms with Gasteiger partial charge in [0.15, 0.2) is 5.69 Å². The van der Waals surface area contributed by atoms with Crippen molar-refractivity contribution in [3.05, 3.63) is 68.6 Å². The molecule has 3 aromatic rings. The molecule has 0 fully saturated rings. The fraction of sp³-hybridized carbons (Fsp3) is 0.200. The van der Waals surface area contributed by atoms with Gasteiger partial charge in [-0.3, -0.25) is 10.0 Å². The summed E-state index contributed by atoms with van der Waals surface area (Å²) in [6.07, 6.45) is -11.6. The predicted octanol–water partition coefficient (Wildman–Crippen LogP) is 6.30. The van der Waals surface area contributed by atoms with E-state index in [2.05, 4.69) is 4.98 Å². The number of hydroxylamine groups is 1. The van der Waals surface area contributed by atoms with E-state index in [1.165, 1.54) is 24.4 Å². The third kappa shape index (κ3) is 5.22.